The first-order valence-corrected chi connectivity index (χ1v) is 9.92. The Morgan fingerprint density at radius 2 is 1.97 bits per heavy atom. The summed E-state index contributed by atoms with van der Waals surface area (Å²) in [5.74, 6) is 0.426. The number of hydrogen-bond donors (Lipinski definition) is 3. The maximum atomic E-state index is 12.3. The normalized spacial score (nSPS) is 11.9. The van der Waals surface area contributed by atoms with Crippen LogP contribution in [0.5, 0.6) is 0 Å². The fraction of sp³-hybridized carbons (Fsp3) is 0.227. The molecular weight excluding hydrogens is 378 g/mol. The van der Waals surface area contributed by atoms with Gasteiger partial charge < -0.3 is 5.32 Å². The number of benzene rings is 1. The molecule has 152 valence electrons. The summed E-state index contributed by atoms with van der Waals surface area (Å²) in [5, 5.41) is 12.4. The summed E-state index contributed by atoms with van der Waals surface area (Å²) >= 11 is 0. The summed E-state index contributed by atoms with van der Waals surface area (Å²) in [4.78, 5) is 25.6. The van der Waals surface area contributed by atoms with Crippen molar-refractivity contribution in [1.29, 1.82) is 0 Å². The van der Waals surface area contributed by atoms with Crippen LogP contribution in [0.2, 0.25) is 0 Å². The van der Waals surface area contributed by atoms with Crippen molar-refractivity contribution in [3.05, 3.63) is 66.6 Å². The summed E-state index contributed by atoms with van der Waals surface area (Å²) in [5.41, 5.74) is 3.92. The Labute approximate surface area is 174 Å². The van der Waals surface area contributed by atoms with Crippen molar-refractivity contribution in [2.24, 2.45) is 0 Å². The lowest BCUT2D eigenvalue weighted by atomic mass is 10.1. The summed E-state index contributed by atoms with van der Waals surface area (Å²) in [6.07, 6.45) is 7.98. The van der Waals surface area contributed by atoms with Gasteiger partial charge in [0.2, 0.25) is 0 Å². The van der Waals surface area contributed by atoms with Crippen molar-refractivity contribution >= 4 is 23.0 Å². The van der Waals surface area contributed by atoms with Gasteiger partial charge >= 0.3 is 6.03 Å². The Morgan fingerprint density at radius 1 is 1.10 bits per heavy atom. The van der Waals surface area contributed by atoms with Gasteiger partial charge in [0.05, 0.1) is 18.1 Å². The van der Waals surface area contributed by atoms with Crippen LogP contribution in [-0.2, 0) is 6.42 Å². The lowest BCUT2D eigenvalue weighted by molar-refractivity contribution is 0.248. The van der Waals surface area contributed by atoms with Crippen LogP contribution in [0.1, 0.15) is 25.3 Å². The first kappa shape index (κ1) is 19.5. The van der Waals surface area contributed by atoms with Gasteiger partial charge in [-0.25, -0.2) is 14.8 Å². The van der Waals surface area contributed by atoms with Gasteiger partial charge in [0.25, 0.3) is 0 Å². The molecule has 1 atom stereocenters. The number of hydrogen-bond acceptors (Lipinski definition) is 5. The van der Waals surface area contributed by atoms with Crippen LogP contribution in [0.4, 0.5) is 10.6 Å². The van der Waals surface area contributed by atoms with E-state index >= 15 is 0 Å². The third-order valence-corrected chi connectivity index (χ3v) is 4.77. The number of aryl methyl sites for hydroxylation is 1. The molecule has 3 N–H and O–H groups in total. The van der Waals surface area contributed by atoms with Gasteiger partial charge in [-0.05, 0) is 43.9 Å². The third-order valence-electron chi connectivity index (χ3n) is 4.77. The van der Waals surface area contributed by atoms with E-state index in [1.807, 2.05) is 25.1 Å². The number of fused-ring (bicyclic) bond motifs is 1. The van der Waals surface area contributed by atoms with E-state index < -0.39 is 0 Å². The molecule has 3 heterocycles. The second kappa shape index (κ2) is 9.13. The van der Waals surface area contributed by atoms with Crippen molar-refractivity contribution in [3.63, 3.8) is 0 Å². The molecule has 0 aliphatic rings. The number of aromatic amines is 1. The molecule has 1 aromatic carbocycles. The van der Waals surface area contributed by atoms with E-state index in [2.05, 4.69) is 47.9 Å². The second-order valence-electron chi connectivity index (χ2n) is 7.16. The number of urea groups is 1. The average molecular weight is 401 g/mol. The van der Waals surface area contributed by atoms with E-state index in [-0.39, 0.29) is 12.1 Å². The quantitative estimate of drug-likeness (QED) is 0.434. The minimum Gasteiger partial charge on any atom is -0.335 e. The van der Waals surface area contributed by atoms with Gasteiger partial charge in [0.1, 0.15) is 11.3 Å². The first-order chi connectivity index (χ1) is 14.7. The van der Waals surface area contributed by atoms with Crippen molar-refractivity contribution in [1.82, 2.24) is 30.5 Å². The maximum Gasteiger partial charge on any atom is 0.320 e. The highest BCUT2D eigenvalue weighted by molar-refractivity contribution is 5.89. The molecule has 0 fully saturated rings. The number of anilines is 1. The molecule has 2 amide bonds. The molecule has 4 rings (SSSR count). The molecule has 0 aliphatic heterocycles. The number of H-pyrrole nitrogens is 1. The lowest BCUT2D eigenvalue weighted by Gasteiger charge is -2.14. The average Bonchev–Trinajstić information content (AvgIpc) is 3.29. The topological polar surface area (TPSA) is 108 Å². The van der Waals surface area contributed by atoms with Crippen molar-refractivity contribution in [3.8, 4) is 11.3 Å². The molecule has 0 saturated carbocycles. The third kappa shape index (κ3) is 4.96. The standard InChI is InChI=1S/C22H23N7O/c1-15(6-5-9-16-7-3-2-4-8-16)26-22(30)29-20-11-10-18-21(28-20)27-19(14-23-18)17-12-24-25-13-17/h2-4,7-8,10-15H,5-6,9H2,1H3,(H,24,25)(H2,26,27,28,29,30)/t15-/m1/s1. The largest absolute Gasteiger partial charge is 0.335 e. The van der Waals surface area contributed by atoms with Gasteiger partial charge in [0.15, 0.2) is 5.65 Å². The van der Waals surface area contributed by atoms with Crippen LogP contribution in [-0.4, -0.2) is 37.2 Å². The molecule has 0 unspecified atom stereocenters. The minimum absolute atomic E-state index is 0.0571. The predicted molar refractivity (Wildman–Crippen MR) is 116 cm³/mol. The number of amides is 2. The van der Waals surface area contributed by atoms with Gasteiger partial charge in [-0.3, -0.25) is 15.4 Å². The first-order valence-electron chi connectivity index (χ1n) is 9.92. The Morgan fingerprint density at radius 3 is 2.77 bits per heavy atom. The lowest BCUT2D eigenvalue weighted by Crippen LogP contribution is -2.36. The number of carbonyl (C=O) groups excluding carboxylic acids is 1. The van der Waals surface area contributed by atoms with Gasteiger partial charge in [-0.15, -0.1) is 0 Å². The van der Waals surface area contributed by atoms with Crippen LogP contribution in [0.15, 0.2) is 61.1 Å². The van der Waals surface area contributed by atoms with Crippen molar-refractivity contribution < 1.29 is 4.79 Å². The molecule has 3 aromatic heterocycles. The molecule has 30 heavy (non-hydrogen) atoms. The Kier molecular flexibility index (Phi) is 5.93. The molecule has 0 bridgehead atoms. The smallest absolute Gasteiger partial charge is 0.320 e. The molecule has 8 nitrogen and oxygen atoms in total. The molecule has 8 heteroatoms. The highest BCUT2D eigenvalue weighted by atomic mass is 16.2. The fourth-order valence-electron chi connectivity index (χ4n) is 3.20. The molecule has 0 saturated heterocycles. The Hall–Kier alpha value is -3.81. The van der Waals surface area contributed by atoms with Gasteiger partial charge in [0, 0.05) is 17.8 Å². The predicted octanol–water partition coefficient (Wildman–Crippen LogP) is 3.95. The Bertz CT molecular complexity index is 1110. The van der Waals surface area contributed by atoms with E-state index in [4.69, 9.17) is 0 Å². The number of carbonyl (C=O) groups is 1. The summed E-state index contributed by atoms with van der Waals surface area (Å²) in [7, 11) is 0. The monoisotopic (exact) mass is 401 g/mol. The zero-order chi connectivity index (χ0) is 20.8. The maximum absolute atomic E-state index is 12.3. The molecule has 0 radical (unpaired) electrons. The summed E-state index contributed by atoms with van der Waals surface area (Å²) in [6, 6.07) is 13.6. The molecule has 4 aromatic rings. The van der Waals surface area contributed by atoms with Crippen LogP contribution in [0, 0.1) is 0 Å². The van der Waals surface area contributed by atoms with Crippen LogP contribution in [0.25, 0.3) is 22.4 Å². The highest BCUT2D eigenvalue weighted by Gasteiger charge is 2.10. The summed E-state index contributed by atoms with van der Waals surface area (Å²) < 4.78 is 0. The van der Waals surface area contributed by atoms with E-state index in [0.29, 0.717) is 22.7 Å². The number of pyridine rings is 1. The number of rotatable bonds is 7. The van der Waals surface area contributed by atoms with E-state index in [1.54, 1.807) is 30.7 Å². The number of aromatic nitrogens is 5. The van der Waals surface area contributed by atoms with Crippen LogP contribution < -0.4 is 10.6 Å². The summed E-state index contributed by atoms with van der Waals surface area (Å²) in [6.45, 7) is 2.00. The van der Waals surface area contributed by atoms with Crippen molar-refractivity contribution in [2.75, 3.05) is 5.32 Å². The minimum atomic E-state index is -0.284. The van der Waals surface area contributed by atoms with Crippen LogP contribution >= 0.6 is 0 Å². The van der Waals surface area contributed by atoms with E-state index in [1.165, 1.54) is 5.56 Å². The van der Waals surface area contributed by atoms with E-state index in [9.17, 15) is 4.79 Å². The molecular formula is C22H23N7O. The van der Waals surface area contributed by atoms with Gasteiger partial charge in [-0.2, -0.15) is 5.10 Å². The number of nitrogens with zero attached hydrogens (tertiary/aromatic N) is 4. The van der Waals surface area contributed by atoms with Gasteiger partial charge in [-0.1, -0.05) is 30.3 Å². The second-order valence-corrected chi connectivity index (χ2v) is 7.16. The molecule has 0 aliphatic carbocycles. The van der Waals surface area contributed by atoms with Crippen molar-refractivity contribution in [2.45, 2.75) is 32.2 Å². The zero-order valence-electron chi connectivity index (χ0n) is 16.7. The van der Waals surface area contributed by atoms with E-state index in [0.717, 1.165) is 24.8 Å². The fourth-order valence-corrected chi connectivity index (χ4v) is 3.20. The Balaban J connectivity index is 1.33. The molecule has 0 spiro atoms. The number of nitrogens with one attached hydrogen (secondary N) is 3. The highest BCUT2D eigenvalue weighted by Crippen LogP contribution is 2.18. The SMILES string of the molecule is C[C@H](CCCc1ccccc1)NC(=O)Nc1ccc2ncc(-c3cn[nH]c3)nc2n1. The zero-order valence-corrected chi connectivity index (χ0v) is 16.7. The van der Waals surface area contributed by atoms with Crippen LogP contribution in [0.3, 0.4) is 0 Å².